The third kappa shape index (κ3) is 1.74. The summed E-state index contributed by atoms with van der Waals surface area (Å²) < 4.78 is 0. The van der Waals surface area contributed by atoms with Crippen LogP contribution in [-0.4, -0.2) is 21.3 Å². The maximum absolute atomic E-state index is 10.9. The number of H-pyrrole nitrogens is 1. The largest absolute Gasteiger partial charge is 0.478 e. The highest BCUT2D eigenvalue weighted by atomic mass is 16.4. The number of nitrogens with one attached hydrogen (secondary N) is 1. The Hall–Kier alpha value is -2.10. The summed E-state index contributed by atoms with van der Waals surface area (Å²) in [5.41, 5.74) is 1.71. The minimum atomic E-state index is -0.979. The average molecular weight is 200 g/mol. The van der Waals surface area contributed by atoms with E-state index in [4.69, 9.17) is 12.0 Å². The Morgan fingerprint density at radius 3 is 2.73 bits per heavy atom. The van der Waals surface area contributed by atoms with Gasteiger partial charge in [0.25, 0.3) is 0 Å². The molecular formula is C11H8N2O2. The highest BCUT2D eigenvalue weighted by molar-refractivity contribution is 5.95. The van der Waals surface area contributed by atoms with Crippen LogP contribution in [0, 0.1) is 6.92 Å². The quantitative estimate of drug-likeness (QED) is 0.777. The number of aromatic amines is 1. The monoisotopic (exact) mass is 200 g/mol. The van der Waals surface area contributed by atoms with Gasteiger partial charge in [0.05, 0.1) is 11.3 Å². The Morgan fingerprint density at radius 2 is 2.13 bits per heavy atom. The Kier molecular flexibility index (Phi) is 2.25. The average Bonchev–Trinajstić information content (AvgIpc) is 2.65. The van der Waals surface area contributed by atoms with Crippen molar-refractivity contribution < 1.29 is 9.90 Å². The van der Waals surface area contributed by atoms with Crippen LogP contribution in [0.15, 0.2) is 30.3 Å². The molecule has 1 aromatic heterocycles. The van der Waals surface area contributed by atoms with Gasteiger partial charge in [0.15, 0.2) is 0 Å². The number of hydrogen-bond donors (Lipinski definition) is 2. The smallest absolute Gasteiger partial charge is 0.336 e. The summed E-state index contributed by atoms with van der Waals surface area (Å²) in [6.07, 6.45) is 0. The molecule has 4 heteroatoms. The fourth-order valence-corrected chi connectivity index (χ4v) is 1.37. The van der Waals surface area contributed by atoms with Crippen molar-refractivity contribution in [2.45, 2.75) is 0 Å². The molecule has 0 spiro atoms. The number of nitrogens with zero attached hydrogens (tertiary/aromatic N) is 1. The molecule has 0 unspecified atom stereocenters. The maximum Gasteiger partial charge on any atom is 0.336 e. The third-order valence-electron chi connectivity index (χ3n) is 2.03. The molecule has 0 amide bonds. The molecule has 1 heterocycles. The lowest BCUT2D eigenvalue weighted by Gasteiger charge is -2.01. The van der Waals surface area contributed by atoms with E-state index in [0.29, 0.717) is 17.0 Å². The number of hydrogen-bond acceptors (Lipinski definition) is 2. The highest BCUT2D eigenvalue weighted by Gasteiger charge is 2.12. The molecule has 1 aromatic carbocycles. The van der Waals surface area contributed by atoms with Crippen LogP contribution < -0.4 is 0 Å². The minimum Gasteiger partial charge on any atom is -0.478 e. The molecule has 2 aromatic rings. The van der Waals surface area contributed by atoms with Crippen LogP contribution in [0.1, 0.15) is 16.1 Å². The van der Waals surface area contributed by atoms with Crippen molar-refractivity contribution in [3.05, 3.63) is 48.5 Å². The van der Waals surface area contributed by atoms with Crippen molar-refractivity contribution in [1.29, 1.82) is 0 Å². The van der Waals surface area contributed by atoms with Crippen LogP contribution in [0.2, 0.25) is 0 Å². The summed E-state index contributed by atoms with van der Waals surface area (Å²) in [7, 11) is 0. The Labute approximate surface area is 86.6 Å². The molecule has 2 N–H and O–H groups in total. The number of carbonyl (C=O) groups is 1. The third-order valence-corrected chi connectivity index (χ3v) is 2.03. The van der Waals surface area contributed by atoms with Gasteiger partial charge in [-0.2, -0.15) is 5.10 Å². The van der Waals surface area contributed by atoms with E-state index in [2.05, 4.69) is 10.2 Å². The second-order valence-corrected chi connectivity index (χ2v) is 3.06. The van der Waals surface area contributed by atoms with E-state index in [9.17, 15) is 4.79 Å². The van der Waals surface area contributed by atoms with Crippen molar-refractivity contribution in [3.8, 4) is 11.3 Å². The van der Waals surface area contributed by atoms with Crippen LogP contribution in [0.25, 0.3) is 11.3 Å². The van der Waals surface area contributed by atoms with Gasteiger partial charge in [0.1, 0.15) is 0 Å². The van der Waals surface area contributed by atoms with Crippen molar-refractivity contribution in [1.82, 2.24) is 10.2 Å². The fraction of sp³-hybridized carbons (Fsp3) is 0. The van der Waals surface area contributed by atoms with Gasteiger partial charge >= 0.3 is 5.97 Å². The summed E-state index contributed by atoms with van der Waals surface area (Å²) >= 11 is 0. The van der Waals surface area contributed by atoms with E-state index in [1.807, 2.05) is 0 Å². The second kappa shape index (κ2) is 3.57. The van der Waals surface area contributed by atoms with Crippen molar-refractivity contribution in [2.75, 3.05) is 0 Å². The van der Waals surface area contributed by atoms with Crippen molar-refractivity contribution in [2.24, 2.45) is 0 Å². The van der Waals surface area contributed by atoms with E-state index in [-0.39, 0.29) is 5.56 Å². The zero-order valence-electron chi connectivity index (χ0n) is 7.77. The first-order chi connectivity index (χ1) is 7.18. The number of aromatic nitrogens is 2. The molecule has 15 heavy (non-hydrogen) atoms. The van der Waals surface area contributed by atoms with E-state index in [0.717, 1.165) is 0 Å². The van der Waals surface area contributed by atoms with E-state index in [1.54, 1.807) is 24.3 Å². The number of carboxylic acid groups (broad SMARTS) is 1. The van der Waals surface area contributed by atoms with Crippen LogP contribution in [0.4, 0.5) is 0 Å². The van der Waals surface area contributed by atoms with Crippen LogP contribution in [-0.2, 0) is 0 Å². The van der Waals surface area contributed by atoms with E-state index >= 15 is 0 Å². The first-order valence-corrected chi connectivity index (χ1v) is 4.32. The highest BCUT2D eigenvalue weighted by Crippen LogP contribution is 2.21. The number of carboxylic acids is 1. The molecule has 2 rings (SSSR count). The molecule has 0 saturated heterocycles. The number of benzene rings is 1. The molecular weight excluding hydrogens is 192 g/mol. The molecule has 0 fully saturated rings. The normalized spacial score (nSPS) is 10.2. The SMILES string of the molecule is [CH]c1cc(-c2ccccc2C(=O)O)n[nH]1. The van der Waals surface area contributed by atoms with Crippen molar-refractivity contribution in [3.63, 3.8) is 0 Å². The molecule has 0 saturated carbocycles. The van der Waals surface area contributed by atoms with Crippen LogP contribution in [0.5, 0.6) is 0 Å². The topological polar surface area (TPSA) is 66.0 Å². The predicted molar refractivity (Wildman–Crippen MR) is 54.4 cm³/mol. The number of rotatable bonds is 2. The molecule has 2 radical (unpaired) electrons. The molecule has 0 aliphatic rings. The minimum absolute atomic E-state index is 0.212. The summed E-state index contributed by atoms with van der Waals surface area (Å²) in [4.78, 5) is 10.9. The summed E-state index contributed by atoms with van der Waals surface area (Å²) in [5, 5.41) is 15.4. The van der Waals surface area contributed by atoms with Gasteiger partial charge in [-0.15, -0.1) is 0 Å². The van der Waals surface area contributed by atoms with Gasteiger partial charge < -0.3 is 5.11 Å². The van der Waals surface area contributed by atoms with E-state index in [1.165, 1.54) is 6.07 Å². The zero-order chi connectivity index (χ0) is 10.8. The lowest BCUT2D eigenvalue weighted by atomic mass is 10.0. The van der Waals surface area contributed by atoms with Gasteiger partial charge in [0, 0.05) is 18.2 Å². The van der Waals surface area contributed by atoms with Gasteiger partial charge in [-0.25, -0.2) is 4.79 Å². The predicted octanol–water partition coefficient (Wildman–Crippen LogP) is 1.83. The summed E-state index contributed by atoms with van der Waals surface area (Å²) in [6, 6.07) is 8.25. The Bertz CT molecular complexity index is 503. The molecule has 4 nitrogen and oxygen atoms in total. The Balaban J connectivity index is 2.57. The molecule has 0 atom stereocenters. The fourth-order valence-electron chi connectivity index (χ4n) is 1.37. The summed E-state index contributed by atoms with van der Waals surface area (Å²) in [6.45, 7) is 5.48. The molecule has 74 valence electrons. The lowest BCUT2D eigenvalue weighted by molar-refractivity contribution is 0.0697. The lowest BCUT2D eigenvalue weighted by Crippen LogP contribution is -1.98. The zero-order valence-corrected chi connectivity index (χ0v) is 7.77. The van der Waals surface area contributed by atoms with Crippen molar-refractivity contribution >= 4 is 5.97 Å². The first kappa shape index (κ1) is 9.45. The molecule has 0 aliphatic carbocycles. The van der Waals surface area contributed by atoms with Gasteiger partial charge in [-0.1, -0.05) is 18.2 Å². The Morgan fingerprint density at radius 1 is 1.40 bits per heavy atom. The first-order valence-electron chi connectivity index (χ1n) is 4.32. The molecule has 0 aliphatic heterocycles. The molecule has 0 bridgehead atoms. The maximum atomic E-state index is 10.9. The standard InChI is InChI=1S/C11H8N2O2/c1-7-6-10(13-12-7)8-4-2-3-5-9(8)11(14)15/h1-6H,(H,12,13)(H,14,15). The van der Waals surface area contributed by atoms with Gasteiger partial charge in [-0.3, -0.25) is 5.10 Å². The second-order valence-electron chi connectivity index (χ2n) is 3.06. The summed E-state index contributed by atoms with van der Waals surface area (Å²) in [5.74, 6) is -0.979. The van der Waals surface area contributed by atoms with Gasteiger partial charge in [0.2, 0.25) is 0 Å². The number of aromatic carboxylic acids is 1. The van der Waals surface area contributed by atoms with E-state index < -0.39 is 5.97 Å². The van der Waals surface area contributed by atoms with Gasteiger partial charge in [-0.05, 0) is 12.1 Å². The van der Waals surface area contributed by atoms with Crippen LogP contribution >= 0.6 is 0 Å². The van der Waals surface area contributed by atoms with Crippen LogP contribution in [0.3, 0.4) is 0 Å².